The molecule has 0 radical (unpaired) electrons. The number of aromatic nitrogens is 2. The van der Waals surface area contributed by atoms with Gasteiger partial charge in [0, 0.05) is 19.9 Å². The van der Waals surface area contributed by atoms with E-state index in [9.17, 15) is 5.11 Å². The van der Waals surface area contributed by atoms with Crippen LogP contribution in [0.15, 0.2) is 12.4 Å². The largest absolute Gasteiger partial charge is 0.396 e. The highest BCUT2D eigenvalue weighted by Gasteiger charge is 2.53. The monoisotopic (exact) mass is 206 g/mol. The van der Waals surface area contributed by atoms with Crippen molar-refractivity contribution in [2.45, 2.75) is 25.7 Å². The molecule has 0 aliphatic heterocycles. The number of rotatable bonds is 3. The van der Waals surface area contributed by atoms with Crippen molar-refractivity contribution < 1.29 is 5.11 Å². The number of hydrogen-bond acceptors (Lipinski definition) is 2. The minimum absolute atomic E-state index is 0.177. The van der Waals surface area contributed by atoms with Crippen molar-refractivity contribution in [2.75, 3.05) is 6.61 Å². The van der Waals surface area contributed by atoms with E-state index < -0.39 is 0 Å². The first-order valence-corrected chi connectivity index (χ1v) is 5.79. The van der Waals surface area contributed by atoms with E-state index in [-0.39, 0.29) is 5.41 Å². The van der Waals surface area contributed by atoms with Crippen LogP contribution in [0.1, 0.15) is 24.8 Å². The maximum absolute atomic E-state index is 9.60. The summed E-state index contributed by atoms with van der Waals surface area (Å²) in [6.07, 6.45) is 8.87. The maximum Gasteiger partial charge on any atom is 0.0521 e. The van der Waals surface area contributed by atoms with Gasteiger partial charge in [-0.2, -0.15) is 5.10 Å². The summed E-state index contributed by atoms with van der Waals surface area (Å²) in [4.78, 5) is 0. The van der Waals surface area contributed by atoms with Crippen molar-refractivity contribution in [2.24, 2.45) is 24.3 Å². The average Bonchev–Trinajstić information content (AvgIpc) is 2.65. The van der Waals surface area contributed by atoms with E-state index in [1.165, 1.54) is 24.8 Å². The lowest BCUT2D eigenvalue weighted by molar-refractivity contribution is 0.117. The van der Waals surface area contributed by atoms with Crippen LogP contribution in [0.2, 0.25) is 0 Å². The van der Waals surface area contributed by atoms with E-state index in [1.54, 1.807) is 0 Å². The van der Waals surface area contributed by atoms with Crippen LogP contribution in [0, 0.1) is 17.3 Å². The lowest BCUT2D eigenvalue weighted by atomic mass is 9.79. The van der Waals surface area contributed by atoms with Gasteiger partial charge in [0.25, 0.3) is 0 Å². The van der Waals surface area contributed by atoms with Gasteiger partial charge in [0.05, 0.1) is 6.20 Å². The van der Waals surface area contributed by atoms with Crippen LogP contribution < -0.4 is 0 Å². The quantitative estimate of drug-likeness (QED) is 0.811. The van der Waals surface area contributed by atoms with Crippen molar-refractivity contribution in [1.82, 2.24) is 9.78 Å². The fourth-order valence-electron chi connectivity index (χ4n) is 3.33. The molecule has 2 fully saturated rings. The summed E-state index contributed by atoms with van der Waals surface area (Å²) in [6.45, 7) is 0.342. The second-order valence-corrected chi connectivity index (χ2v) is 5.52. The molecule has 1 aromatic rings. The Labute approximate surface area is 90.1 Å². The molecule has 0 saturated heterocycles. The first kappa shape index (κ1) is 9.40. The molecule has 3 heteroatoms. The van der Waals surface area contributed by atoms with Gasteiger partial charge in [-0.05, 0) is 48.5 Å². The Kier molecular flexibility index (Phi) is 1.93. The normalized spacial score (nSPS) is 38.0. The zero-order chi connectivity index (χ0) is 10.5. The van der Waals surface area contributed by atoms with Crippen LogP contribution >= 0.6 is 0 Å². The molecular weight excluding hydrogens is 188 g/mol. The fraction of sp³-hybridized carbons (Fsp3) is 0.750. The maximum atomic E-state index is 9.60. The second-order valence-electron chi connectivity index (χ2n) is 5.52. The van der Waals surface area contributed by atoms with Crippen LogP contribution in [0.25, 0.3) is 0 Å². The summed E-state index contributed by atoms with van der Waals surface area (Å²) in [6, 6.07) is 0. The van der Waals surface area contributed by atoms with Crippen LogP contribution in [0.5, 0.6) is 0 Å². The van der Waals surface area contributed by atoms with Crippen LogP contribution in [-0.4, -0.2) is 21.5 Å². The molecule has 2 aliphatic carbocycles. The lowest BCUT2D eigenvalue weighted by Gasteiger charge is -2.27. The number of aliphatic hydroxyl groups excluding tert-OH is 1. The van der Waals surface area contributed by atoms with E-state index in [2.05, 4.69) is 11.3 Å². The SMILES string of the molecule is Cn1cc(CC2(CO)CC3CC3C2)cn1. The summed E-state index contributed by atoms with van der Waals surface area (Å²) in [5, 5.41) is 13.8. The van der Waals surface area contributed by atoms with Crippen LogP contribution in [0.3, 0.4) is 0 Å². The molecule has 2 atom stereocenters. The molecule has 2 saturated carbocycles. The van der Waals surface area contributed by atoms with Crippen molar-refractivity contribution >= 4 is 0 Å². The lowest BCUT2D eigenvalue weighted by Crippen LogP contribution is -2.26. The Morgan fingerprint density at radius 2 is 2.27 bits per heavy atom. The topological polar surface area (TPSA) is 38.0 Å². The molecular formula is C12H18N2O. The molecule has 15 heavy (non-hydrogen) atoms. The molecule has 0 bridgehead atoms. The van der Waals surface area contributed by atoms with Crippen molar-refractivity contribution in [3.8, 4) is 0 Å². The van der Waals surface area contributed by atoms with Gasteiger partial charge in [-0.15, -0.1) is 0 Å². The number of nitrogens with zero attached hydrogens (tertiary/aromatic N) is 2. The number of aryl methyl sites for hydroxylation is 1. The molecule has 3 nitrogen and oxygen atoms in total. The van der Waals surface area contributed by atoms with E-state index in [0.717, 1.165) is 18.3 Å². The van der Waals surface area contributed by atoms with Crippen molar-refractivity contribution in [1.29, 1.82) is 0 Å². The Morgan fingerprint density at radius 1 is 1.53 bits per heavy atom. The minimum Gasteiger partial charge on any atom is -0.396 e. The highest BCUT2D eigenvalue weighted by atomic mass is 16.3. The van der Waals surface area contributed by atoms with Crippen LogP contribution in [0.4, 0.5) is 0 Å². The molecule has 3 rings (SSSR count). The van der Waals surface area contributed by atoms with Crippen LogP contribution in [-0.2, 0) is 13.5 Å². The third kappa shape index (κ3) is 1.59. The summed E-state index contributed by atoms with van der Waals surface area (Å²) in [7, 11) is 1.95. The van der Waals surface area contributed by atoms with Gasteiger partial charge in [-0.1, -0.05) is 0 Å². The zero-order valence-corrected chi connectivity index (χ0v) is 9.19. The summed E-state index contributed by atoms with van der Waals surface area (Å²) >= 11 is 0. The van der Waals surface area contributed by atoms with Gasteiger partial charge >= 0.3 is 0 Å². The second kappa shape index (κ2) is 3.08. The van der Waals surface area contributed by atoms with Gasteiger partial charge in [-0.25, -0.2) is 0 Å². The third-order valence-corrected chi connectivity index (χ3v) is 4.13. The third-order valence-electron chi connectivity index (χ3n) is 4.13. The van der Waals surface area contributed by atoms with Crippen molar-refractivity contribution in [3.63, 3.8) is 0 Å². The number of fused-ring (bicyclic) bond motifs is 1. The summed E-state index contributed by atoms with van der Waals surface area (Å²) in [5.74, 6) is 1.85. The van der Waals surface area contributed by atoms with E-state index >= 15 is 0 Å². The Hall–Kier alpha value is -0.830. The zero-order valence-electron chi connectivity index (χ0n) is 9.19. The average molecular weight is 206 g/mol. The predicted molar refractivity (Wildman–Crippen MR) is 57.3 cm³/mol. The van der Waals surface area contributed by atoms with Crippen molar-refractivity contribution in [3.05, 3.63) is 18.0 Å². The molecule has 1 heterocycles. The first-order chi connectivity index (χ1) is 7.21. The molecule has 1 N–H and O–H groups in total. The molecule has 2 unspecified atom stereocenters. The minimum atomic E-state index is 0.177. The van der Waals surface area contributed by atoms with E-state index in [0.29, 0.717) is 6.61 Å². The van der Waals surface area contributed by atoms with E-state index in [1.807, 2.05) is 17.9 Å². The van der Waals surface area contributed by atoms with Gasteiger partial charge in [-0.3, -0.25) is 4.68 Å². The Balaban J connectivity index is 1.75. The Bertz CT molecular complexity index is 361. The van der Waals surface area contributed by atoms with Gasteiger partial charge in [0.2, 0.25) is 0 Å². The smallest absolute Gasteiger partial charge is 0.0521 e. The standard InChI is InChI=1S/C12H18N2O/c1-14-7-9(6-13-14)3-12(8-15)4-10-2-11(10)5-12/h6-7,10-11,15H,2-5,8H2,1H3. The van der Waals surface area contributed by atoms with Gasteiger partial charge < -0.3 is 5.11 Å². The number of hydrogen-bond donors (Lipinski definition) is 1. The highest BCUT2D eigenvalue weighted by molar-refractivity contribution is 5.12. The Morgan fingerprint density at radius 3 is 2.80 bits per heavy atom. The molecule has 1 aromatic heterocycles. The first-order valence-electron chi connectivity index (χ1n) is 5.79. The number of aliphatic hydroxyl groups is 1. The highest BCUT2D eigenvalue weighted by Crippen LogP contribution is 2.60. The van der Waals surface area contributed by atoms with Gasteiger partial charge in [0.1, 0.15) is 0 Å². The molecule has 2 aliphatic rings. The molecule has 0 aromatic carbocycles. The summed E-state index contributed by atoms with van der Waals surface area (Å²) in [5.41, 5.74) is 1.45. The fourth-order valence-corrected chi connectivity index (χ4v) is 3.33. The van der Waals surface area contributed by atoms with E-state index in [4.69, 9.17) is 0 Å². The van der Waals surface area contributed by atoms with Gasteiger partial charge in [0.15, 0.2) is 0 Å². The molecule has 0 amide bonds. The predicted octanol–water partition coefficient (Wildman–Crippen LogP) is 1.37. The summed E-state index contributed by atoms with van der Waals surface area (Å²) < 4.78 is 1.84. The molecule has 0 spiro atoms. The molecule has 82 valence electrons.